The molecule has 0 aliphatic carbocycles. The van der Waals surface area contributed by atoms with Crippen molar-refractivity contribution in [2.24, 2.45) is 0 Å². The minimum Gasteiger partial charge on any atom is -0.485 e. The summed E-state index contributed by atoms with van der Waals surface area (Å²) in [5, 5.41) is 5.09. The lowest BCUT2D eigenvalue weighted by Gasteiger charge is -2.12. The fraction of sp³-hybridized carbons (Fsp3) is 0.400. The predicted molar refractivity (Wildman–Crippen MR) is 82.6 cm³/mol. The van der Waals surface area contributed by atoms with E-state index in [1.54, 1.807) is 0 Å². The largest absolute Gasteiger partial charge is 0.485 e. The Morgan fingerprint density at radius 3 is 2.75 bits per heavy atom. The van der Waals surface area contributed by atoms with Crippen LogP contribution in [0.3, 0.4) is 0 Å². The molecule has 1 aromatic carbocycles. The summed E-state index contributed by atoms with van der Waals surface area (Å²) in [6.45, 7) is 5.42. The molecule has 108 valence electrons. The second-order valence-corrected chi connectivity index (χ2v) is 5.12. The third-order valence-corrected chi connectivity index (χ3v) is 3.72. The van der Waals surface area contributed by atoms with E-state index in [1.807, 2.05) is 22.9 Å². The summed E-state index contributed by atoms with van der Waals surface area (Å²) in [4.78, 5) is 0. The number of nitrogens with zero attached hydrogens (tertiary/aromatic N) is 2. The number of aryl methyl sites for hydroxylation is 2. The van der Waals surface area contributed by atoms with Gasteiger partial charge in [0.2, 0.25) is 0 Å². The van der Waals surface area contributed by atoms with Crippen LogP contribution < -0.4 is 4.74 Å². The van der Waals surface area contributed by atoms with Gasteiger partial charge in [0.1, 0.15) is 12.4 Å². The third-order valence-electron chi connectivity index (χ3n) is 3.13. The molecule has 1 heterocycles. The van der Waals surface area contributed by atoms with E-state index >= 15 is 0 Å². The second kappa shape index (κ2) is 7.00. The van der Waals surface area contributed by atoms with Crippen molar-refractivity contribution in [1.29, 1.82) is 0 Å². The number of para-hydroxylation sites is 1. The van der Waals surface area contributed by atoms with Gasteiger partial charge in [0.05, 0.1) is 22.3 Å². The minimum atomic E-state index is 0.378. The molecule has 0 atom stereocenters. The van der Waals surface area contributed by atoms with Gasteiger partial charge in [0, 0.05) is 12.1 Å². The normalized spacial score (nSPS) is 10.8. The highest BCUT2D eigenvalue weighted by Crippen LogP contribution is 2.30. The van der Waals surface area contributed by atoms with Crippen molar-refractivity contribution in [2.75, 3.05) is 0 Å². The summed E-state index contributed by atoms with van der Waals surface area (Å²) in [5.41, 5.74) is 3.02. The van der Waals surface area contributed by atoms with Crippen molar-refractivity contribution in [3.05, 3.63) is 46.2 Å². The maximum absolute atomic E-state index is 6.17. The van der Waals surface area contributed by atoms with Gasteiger partial charge in [-0.3, -0.25) is 4.68 Å². The highest BCUT2D eigenvalue weighted by Gasteiger charge is 2.11. The van der Waals surface area contributed by atoms with Crippen LogP contribution in [0.25, 0.3) is 0 Å². The van der Waals surface area contributed by atoms with Gasteiger partial charge >= 0.3 is 0 Å². The SMILES string of the molecule is CCc1cc(COc2c(Cl)cccc2CCl)n(CC)n1. The first kappa shape index (κ1) is 15.2. The smallest absolute Gasteiger partial charge is 0.142 e. The van der Waals surface area contributed by atoms with Crippen LogP contribution in [0.2, 0.25) is 5.02 Å². The lowest BCUT2D eigenvalue weighted by atomic mass is 10.2. The summed E-state index contributed by atoms with van der Waals surface area (Å²) >= 11 is 12.1. The van der Waals surface area contributed by atoms with E-state index in [4.69, 9.17) is 27.9 Å². The summed E-state index contributed by atoms with van der Waals surface area (Å²) in [5.74, 6) is 1.04. The molecule has 0 bridgehead atoms. The molecular formula is C15H18Cl2N2O. The van der Waals surface area contributed by atoms with E-state index in [0.29, 0.717) is 23.3 Å². The zero-order valence-electron chi connectivity index (χ0n) is 11.7. The monoisotopic (exact) mass is 312 g/mol. The molecular weight excluding hydrogens is 295 g/mol. The van der Waals surface area contributed by atoms with Gasteiger partial charge in [0.25, 0.3) is 0 Å². The van der Waals surface area contributed by atoms with Gasteiger partial charge in [-0.1, -0.05) is 30.7 Å². The van der Waals surface area contributed by atoms with Crippen LogP contribution in [-0.4, -0.2) is 9.78 Å². The molecule has 0 amide bonds. The number of hydrogen-bond acceptors (Lipinski definition) is 2. The molecule has 0 unspecified atom stereocenters. The Kier molecular flexibility index (Phi) is 5.32. The topological polar surface area (TPSA) is 27.1 Å². The Morgan fingerprint density at radius 2 is 2.10 bits per heavy atom. The van der Waals surface area contributed by atoms with Gasteiger partial charge < -0.3 is 4.74 Å². The molecule has 0 fully saturated rings. The summed E-state index contributed by atoms with van der Waals surface area (Å²) in [6, 6.07) is 7.67. The molecule has 1 aromatic heterocycles. The average Bonchev–Trinajstić information content (AvgIpc) is 2.88. The number of halogens is 2. The highest BCUT2D eigenvalue weighted by molar-refractivity contribution is 6.32. The van der Waals surface area contributed by atoms with Crippen LogP contribution >= 0.6 is 23.2 Å². The van der Waals surface area contributed by atoms with Crippen molar-refractivity contribution in [1.82, 2.24) is 9.78 Å². The predicted octanol–water partition coefficient (Wildman–Crippen LogP) is 4.44. The van der Waals surface area contributed by atoms with E-state index in [-0.39, 0.29) is 0 Å². The van der Waals surface area contributed by atoms with Gasteiger partial charge in [0.15, 0.2) is 0 Å². The Morgan fingerprint density at radius 1 is 1.30 bits per heavy atom. The lowest BCUT2D eigenvalue weighted by molar-refractivity contribution is 0.290. The molecule has 0 aliphatic heterocycles. The van der Waals surface area contributed by atoms with Crippen molar-refractivity contribution in [2.45, 2.75) is 39.3 Å². The maximum Gasteiger partial charge on any atom is 0.142 e. The number of aromatic nitrogens is 2. The Balaban J connectivity index is 2.18. The van der Waals surface area contributed by atoms with Crippen LogP contribution in [0.15, 0.2) is 24.3 Å². The Bertz CT molecular complexity index is 581. The Labute approximate surface area is 129 Å². The van der Waals surface area contributed by atoms with Gasteiger partial charge in [-0.05, 0) is 25.5 Å². The zero-order chi connectivity index (χ0) is 14.5. The molecule has 0 aliphatic rings. The van der Waals surface area contributed by atoms with Gasteiger partial charge in [-0.15, -0.1) is 11.6 Å². The standard InChI is InChI=1S/C15H18Cl2N2O/c1-3-12-8-13(19(4-2)18-12)10-20-15-11(9-16)6-5-7-14(15)17/h5-8H,3-4,9-10H2,1-2H3. The highest BCUT2D eigenvalue weighted by atomic mass is 35.5. The van der Waals surface area contributed by atoms with E-state index in [2.05, 4.69) is 25.0 Å². The van der Waals surface area contributed by atoms with Crippen molar-refractivity contribution >= 4 is 23.2 Å². The first-order valence-electron chi connectivity index (χ1n) is 6.71. The molecule has 0 saturated carbocycles. The van der Waals surface area contributed by atoms with Crippen molar-refractivity contribution < 1.29 is 4.74 Å². The van der Waals surface area contributed by atoms with Crippen LogP contribution in [0.1, 0.15) is 30.8 Å². The summed E-state index contributed by atoms with van der Waals surface area (Å²) in [6.07, 6.45) is 0.916. The van der Waals surface area contributed by atoms with Crippen LogP contribution in [0.4, 0.5) is 0 Å². The molecule has 0 saturated heterocycles. The fourth-order valence-corrected chi connectivity index (χ4v) is 2.50. The number of rotatable bonds is 6. The average molecular weight is 313 g/mol. The van der Waals surface area contributed by atoms with Gasteiger partial charge in [-0.2, -0.15) is 5.10 Å². The van der Waals surface area contributed by atoms with Crippen LogP contribution in [0.5, 0.6) is 5.75 Å². The summed E-state index contributed by atoms with van der Waals surface area (Å²) in [7, 11) is 0. The fourth-order valence-electron chi connectivity index (χ4n) is 2.04. The van der Waals surface area contributed by atoms with Gasteiger partial charge in [-0.25, -0.2) is 0 Å². The summed E-state index contributed by atoms with van der Waals surface area (Å²) < 4.78 is 7.82. The molecule has 2 aromatic rings. The Hall–Kier alpha value is -1.19. The van der Waals surface area contributed by atoms with Crippen LogP contribution in [0, 0.1) is 0 Å². The lowest BCUT2D eigenvalue weighted by Crippen LogP contribution is -2.07. The van der Waals surface area contributed by atoms with E-state index in [9.17, 15) is 0 Å². The zero-order valence-corrected chi connectivity index (χ0v) is 13.2. The maximum atomic E-state index is 6.17. The molecule has 5 heteroatoms. The quantitative estimate of drug-likeness (QED) is 0.737. The van der Waals surface area contributed by atoms with Crippen LogP contribution in [-0.2, 0) is 25.5 Å². The van der Waals surface area contributed by atoms with E-state index < -0.39 is 0 Å². The third kappa shape index (κ3) is 3.28. The molecule has 0 spiro atoms. The van der Waals surface area contributed by atoms with E-state index in [1.165, 1.54) is 0 Å². The number of benzene rings is 1. The number of ether oxygens (including phenoxy) is 1. The first-order valence-corrected chi connectivity index (χ1v) is 7.62. The number of alkyl halides is 1. The first-order chi connectivity index (χ1) is 9.69. The van der Waals surface area contributed by atoms with Crippen molar-refractivity contribution in [3.63, 3.8) is 0 Å². The molecule has 2 rings (SSSR count). The molecule has 0 radical (unpaired) electrons. The minimum absolute atomic E-state index is 0.378. The second-order valence-electron chi connectivity index (χ2n) is 4.45. The molecule has 20 heavy (non-hydrogen) atoms. The van der Waals surface area contributed by atoms with Crippen molar-refractivity contribution in [3.8, 4) is 5.75 Å². The molecule has 0 N–H and O–H groups in total. The number of hydrogen-bond donors (Lipinski definition) is 0. The van der Waals surface area contributed by atoms with E-state index in [0.717, 1.165) is 29.9 Å². The molecule has 3 nitrogen and oxygen atoms in total.